The fourth-order valence-corrected chi connectivity index (χ4v) is 5.09. The molecule has 4 rings (SSSR count). The Balaban J connectivity index is 2.12. The monoisotopic (exact) mass is 543 g/mol. The number of halogens is 2. The lowest BCUT2D eigenvalue weighted by Gasteiger charge is -2.40. The number of nitriles is 1. The Morgan fingerprint density at radius 2 is 1.76 bits per heavy atom. The zero-order chi connectivity index (χ0) is 27.2. The molecule has 1 atom stereocenters. The summed E-state index contributed by atoms with van der Waals surface area (Å²) >= 11 is 12.7. The van der Waals surface area contributed by atoms with Crippen molar-refractivity contribution < 1.29 is 9.90 Å². The van der Waals surface area contributed by atoms with Crippen LogP contribution >= 0.6 is 23.2 Å². The molecule has 1 saturated heterocycles. The number of hydrogen-bond donors (Lipinski definition) is 1. The first-order valence-electron chi connectivity index (χ1n) is 11.9. The van der Waals surface area contributed by atoms with E-state index in [1.807, 2.05) is 32.6 Å². The minimum absolute atomic E-state index is 0.0103. The van der Waals surface area contributed by atoms with Crippen LogP contribution in [0.3, 0.4) is 0 Å². The molecular formula is C25H27Cl2N7O3. The summed E-state index contributed by atoms with van der Waals surface area (Å²) in [4.78, 5) is 42.4. The molecule has 10 nitrogen and oxygen atoms in total. The Bertz CT molecular complexity index is 1470. The number of carboxylic acid groups (broad SMARTS) is 1. The number of hydrogen-bond acceptors (Lipinski definition) is 7. The van der Waals surface area contributed by atoms with E-state index < -0.39 is 11.7 Å². The molecular weight excluding hydrogens is 517 g/mol. The van der Waals surface area contributed by atoms with E-state index in [-0.39, 0.29) is 58.9 Å². The quantitative estimate of drug-likeness (QED) is 0.465. The highest BCUT2D eigenvalue weighted by Gasteiger charge is 2.32. The molecule has 12 heteroatoms. The van der Waals surface area contributed by atoms with Crippen LogP contribution in [0.1, 0.15) is 63.4 Å². The molecule has 1 fully saturated rings. The maximum atomic E-state index is 14.1. The number of amides is 1. The molecule has 4 heterocycles. The van der Waals surface area contributed by atoms with Gasteiger partial charge in [0.15, 0.2) is 5.65 Å². The number of aromatic nitrogens is 4. The van der Waals surface area contributed by atoms with Gasteiger partial charge in [-0.05, 0) is 24.8 Å². The fourth-order valence-electron chi connectivity index (χ4n) is 4.81. The van der Waals surface area contributed by atoms with Crippen LogP contribution in [0.25, 0.3) is 16.7 Å². The highest BCUT2D eigenvalue weighted by Crippen LogP contribution is 2.37. The molecule has 1 N–H and O–H groups in total. The molecule has 0 spiro atoms. The van der Waals surface area contributed by atoms with E-state index in [1.165, 1.54) is 15.8 Å². The number of carbonyl (C=O) groups is 1. The highest BCUT2D eigenvalue weighted by molar-refractivity contribution is 6.41. The SMILES string of the molecule is CC(C)c1ncnc(C(C)C)c1-n1c(=O)c(C#N)c(N2CCN(C(=O)O)C(C)C2)c2cc(Cl)c(Cl)nc21. The summed E-state index contributed by atoms with van der Waals surface area (Å²) < 4.78 is 1.38. The molecule has 3 aromatic heterocycles. The maximum Gasteiger partial charge on any atom is 0.407 e. The van der Waals surface area contributed by atoms with E-state index >= 15 is 0 Å². The van der Waals surface area contributed by atoms with Gasteiger partial charge in [-0.2, -0.15) is 5.26 Å². The zero-order valence-corrected chi connectivity index (χ0v) is 22.7. The molecule has 0 bridgehead atoms. The van der Waals surface area contributed by atoms with Crippen LogP contribution < -0.4 is 10.5 Å². The van der Waals surface area contributed by atoms with Crippen LogP contribution in [0.5, 0.6) is 0 Å². The average Bonchev–Trinajstić information content (AvgIpc) is 2.83. The second kappa shape index (κ2) is 10.1. The summed E-state index contributed by atoms with van der Waals surface area (Å²) in [6.07, 6.45) is 0.456. The molecule has 0 radical (unpaired) electrons. The summed E-state index contributed by atoms with van der Waals surface area (Å²) in [7, 11) is 0. The second-order valence-electron chi connectivity index (χ2n) is 9.68. The lowest BCUT2D eigenvalue weighted by Crippen LogP contribution is -2.54. The molecule has 1 aliphatic heterocycles. The lowest BCUT2D eigenvalue weighted by molar-refractivity contribution is 0.123. The second-order valence-corrected chi connectivity index (χ2v) is 10.4. The fraction of sp³-hybridized carbons (Fsp3) is 0.440. The van der Waals surface area contributed by atoms with Crippen molar-refractivity contribution >= 4 is 46.0 Å². The van der Waals surface area contributed by atoms with Gasteiger partial charge in [0.05, 0.1) is 27.8 Å². The first-order valence-corrected chi connectivity index (χ1v) is 12.7. The lowest BCUT2D eigenvalue weighted by atomic mass is 10.0. The smallest absolute Gasteiger partial charge is 0.407 e. The van der Waals surface area contributed by atoms with Crippen LogP contribution in [0.2, 0.25) is 10.2 Å². The third-order valence-corrected chi connectivity index (χ3v) is 7.20. The maximum absolute atomic E-state index is 14.1. The molecule has 0 saturated carbocycles. The summed E-state index contributed by atoms with van der Waals surface area (Å²) in [5.74, 6) is -0.120. The van der Waals surface area contributed by atoms with Gasteiger partial charge < -0.3 is 14.9 Å². The topological polar surface area (TPSA) is 128 Å². The van der Waals surface area contributed by atoms with E-state index in [0.29, 0.717) is 28.1 Å². The summed E-state index contributed by atoms with van der Waals surface area (Å²) in [5.41, 5.74) is 1.64. The first-order chi connectivity index (χ1) is 17.5. The van der Waals surface area contributed by atoms with Gasteiger partial charge in [-0.15, -0.1) is 0 Å². The number of rotatable bonds is 4. The summed E-state index contributed by atoms with van der Waals surface area (Å²) in [6.45, 7) is 10.4. The molecule has 0 aliphatic carbocycles. The van der Waals surface area contributed by atoms with Crippen molar-refractivity contribution in [3.05, 3.63) is 49.9 Å². The van der Waals surface area contributed by atoms with Gasteiger partial charge in [-0.25, -0.2) is 19.7 Å². The predicted octanol–water partition coefficient (Wildman–Crippen LogP) is 4.79. The molecule has 1 aliphatic rings. The molecule has 1 unspecified atom stereocenters. The number of pyridine rings is 2. The Morgan fingerprint density at radius 3 is 2.27 bits per heavy atom. The Morgan fingerprint density at radius 1 is 1.14 bits per heavy atom. The summed E-state index contributed by atoms with van der Waals surface area (Å²) in [5, 5.41) is 20.4. The van der Waals surface area contributed by atoms with Crippen LogP contribution in [-0.4, -0.2) is 61.3 Å². The van der Waals surface area contributed by atoms with Gasteiger partial charge in [0, 0.05) is 31.1 Å². The Kier molecular flexibility index (Phi) is 7.31. The minimum atomic E-state index is -1.02. The highest BCUT2D eigenvalue weighted by atomic mass is 35.5. The van der Waals surface area contributed by atoms with Gasteiger partial charge in [-0.1, -0.05) is 50.9 Å². The van der Waals surface area contributed by atoms with Crippen LogP contribution in [0, 0.1) is 11.3 Å². The van der Waals surface area contributed by atoms with Gasteiger partial charge in [0.2, 0.25) is 0 Å². The van der Waals surface area contributed by atoms with E-state index in [1.54, 1.807) is 13.0 Å². The van der Waals surface area contributed by atoms with Gasteiger partial charge in [0.1, 0.15) is 23.1 Å². The molecule has 194 valence electrons. The summed E-state index contributed by atoms with van der Waals surface area (Å²) in [6, 6.07) is 3.32. The van der Waals surface area contributed by atoms with Crippen LogP contribution in [0.4, 0.5) is 10.5 Å². The van der Waals surface area contributed by atoms with Crippen LogP contribution in [-0.2, 0) is 0 Å². The van der Waals surface area contributed by atoms with Crippen molar-refractivity contribution in [2.75, 3.05) is 24.5 Å². The number of fused-ring (bicyclic) bond motifs is 1. The third kappa shape index (κ3) is 4.58. The van der Waals surface area contributed by atoms with Crippen molar-refractivity contribution in [2.24, 2.45) is 0 Å². The van der Waals surface area contributed by atoms with Gasteiger partial charge in [-0.3, -0.25) is 9.36 Å². The first kappa shape index (κ1) is 26.6. The Hall–Kier alpha value is -3.42. The standard InChI is InChI=1S/C25H27Cl2N7O3/c1-12(2)18-21(19(13(3)4)30-11-29-18)34-23-15(8-17(26)22(27)31-23)20(16(9-28)24(34)35)32-6-7-33(25(36)37)14(5)10-32/h8,11-14H,6-7,10H2,1-5H3,(H,36,37). The van der Waals surface area contributed by atoms with E-state index in [0.717, 1.165) is 0 Å². The van der Waals surface area contributed by atoms with Gasteiger partial charge >= 0.3 is 6.09 Å². The number of anilines is 1. The van der Waals surface area contributed by atoms with E-state index in [9.17, 15) is 20.0 Å². The normalized spacial score (nSPS) is 16.1. The van der Waals surface area contributed by atoms with E-state index in [4.69, 9.17) is 23.2 Å². The number of piperazine rings is 1. The molecule has 37 heavy (non-hydrogen) atoms. The average molecular weight is 544 g/mol. The zero-order valence-electron chi connectivity index (χ0n) is 21.2. The third-order valence-electron chi connectivity index (χ3n) is 6.53. The van der Waals surface area contributed by atoms with E-state index in [2.05, 4.69) is 21.0 Å². The Labute approximate surface area is 224 Å². The van der Waals surface area contributed by atoms with Crippen molar-refractivity contribution in [1.82, 2.24) is 24.4 Å². The molecule has 0 aromatic carbocycles. The van der Waals surface area contributed by atoms with Crippen molar-refractivity contribution in [1.29, 1.82) is 5.26 Å². The van der Waals surface area contributed by atoms with Gasteiger partial charge in [0.25, 0.3) is 5.56 Å². The van der Waals surface area contributed by atoms with Crippen LogP contribution in [0.15, 0.2) is 17.2 Å². The van der Waals surface area contributed by atoms with Crippen molar-refractivity contribution in [2.45, 2.75) is 52.5 Å². The van der Waals surface area contributed by atoms with Crippen molar-refractivity contribution in [3.63, 3.8) is 0 Å². The van der Waals surface area contributed by atoms with Crippen molar-refractivity contribution in [3.8, 4) is 11.8 Å². The minimum Gasteiger partial charge on any atom is -0.465 e. The predicted molar refractivity (Wildman–Crippen MR) is 142 cm³/mol. The number of nitrogens with zero attached hydrogens (tertiary/aromatic N) is 7. The molecule has 3 aromatic rings. The molecule has 1 amide bonds. The largest absolute Gasteiger partial charge is 0.465 e.